The fourth-order valence-corrected chi connectivity index (χ4v) is 4.49. The van der Waals surface area contributed by atoms with Crippen LogP contribution >= 0.6 is 0 Å². The van der Waals surface area contributed by atoms with E-state index in [0.717, 1.165) is 31.4 Å². The van der Waals surface area contributed by atoms with E-state index < -0.39 is 0 Å². The summed E-state index contributed by atoms with van der Waals surface area (Å²) in [5, 5.41) is 4.16. The second-order valence-corrected chi connectivity index (χ2v) is 7.06. The molecule has 2 bridgehead atoms. The highest BCUT2D eigenvalue weighted by Crippen LogP contribution is 2.56. The first-order chi connectivity index (χ1) is 11.7. The summed E-state index contributed by atoms with van der Waals surface area (Å²) in [6, 6.07) is 9.85. The van der Waals surface area contributed by atoms with Crippen molar-refractivity contribution < 1.29 is 9.32 Å². The lowest BCUT2D eigenvalue weighted by Gasteiger charge is -2.30. The molecule has 2 fully saturated rings. The first-order valence-electron chi connectivity index (χ1n) is 8.83. The maximum absolute atomic E-state index is 12.9. The van der Waals surface area contributed by atoms with Crippen LogP contribution in [0.2, 0.25) is 0 Å². The third kappa shape index (κ3) is 2.43. The van der Waals surface area contributed by atoms with Gasteiger partial charge >= 0.3 is 0 Å². The predicted molar refractivity (Wildman–Crippen MR) is 90.1 cm³/mol. The minimum absolute atomic E-state index is 0.00206. The van der Waals surface area contributed by atoms with Crippen LogP contribution in [0.5, 0.6) is 0 Å². The first kappa shape index (κ1) is 15.4. The van der Waals surface area contributed by atoms with Crippen molar-refractivity contribution in [2.45, 2.75) is 32.1 Å². The van der Waals surface area contributed by atoms with Gasteiger partial charge in [-0.1, -0.05) is 35.5 Å². The van der Waals surface area contributed by atoms with Crippen LogP contribution < -0.4 is 0 Å². The number of rotatable bonds is 4. The molecular formula is C19H23N3O2. The molecular weight excluding hydrogens is 302 g/mol. The molecule has 4 rings (SSSR count). The second-order valence-electron chi connectivity index (χ2n) is 7.06. The lowest BCUT2D eigenvalue weighted by molar-refractivity contribution is -0.136. The summed E-state index contributed by atoms with van der Waals surface area (Å²) in [6.07, 6.45) is 3.43. The Bertz CT molecular complexity index is 727. The van der Waals surface area contributed by atoms with Gasteiger partial charge in [0.25, 0.3) is 0 Å². The summed E-state index contributed by atoms with van der Waals surface area (Å²) in [5.41, 5.74) is 0.948. The van der Waals surface area contributed by atoms with E-state index in [0.29, 0.717) is 23.6 Å². The van der Waals surface area contributed by atoms with E-state index >= 15 is 0 Å². The highest BCUT2D eigenvalue weighted by Gasteiger charge is 2.54. The third-order valence-corrected chi connectivity index (χ3v) is 5.81. The first-order valence-corrected chi connectivity index (χ1v) is 8.83. The minimum Gasteiger partial charge on any atom is -0.346 e. The molecule has 2 aliphatic rings. The van der Waals surface area contributed by atoms with Crippen molar-refractivity contribution in [3.8, 4) is 11.4 Å². The molecule has 1 amide bonds. The van der Waals surface area contributed by atoms with Gasteiger partial charge in [0.15, 0.2) is 0 Å². The van der Waals surface area contributed by atoms with E-state index in [1.165, 1.54) is 0 Å². The van der Waals surface area contributed by atoms with Crippen LogP contribution in [0.1, 0.15) is 38.0 Å². The van der Waals surface area contributed by atoms with Crippen molar-refractivity contribution in [1.82, 2.24) is 15.0 Å². The van der Waals surface area contributed by atoms with E-state index in [9.17, 15) is 4.79 Å². The number of hydrogen-bond donors (Lipinski definition) is 0. The van der Waals surface area contributed by atoms with Crippen LogP contribution in [0.15, 0.2) is 34.9 Å². The Labute approximate surface area is 142 Å². The highest BCUT2D eigenvalue weighted by atomic mass is 16.5. The van der Waals surface area contributed by atoms with Crippen molar-refractivity contribution in [3.63, 3.8) is 0 Å². The Hall–Kier alpha value is -2.17. The normalized spacial score (nSPS) is 28.2. The smallest absolute Gasteiger partial charge is 0.231 e. The fourth-order valence-electron chi connectivity index (χ4n) is 4.49. The zero-order chi connectivity index (χ0) is 16.7. The Morgan fingerprint density at radius 2 is 2.00 bits per heavy atom. The SMILES string of the molecule is CCN(C)C(=O)[C@H]1[C@H]2CC[C@H](C2)[C@@H]1c1nc(-c2ccccc2)no1. The number of amides is 1. The Balaban J connectivity index is 1.65. The number of fused-ring (bicyclic) bond motifs is 2. The number of carbonyl (C=O) groups is 1. The minimum atomic E-state index is -0.00206. The molecule has 126 valence electrons. The Kier molecular flexibility index (Phi) is 3.87. The largest absolute Gasteiger partial charge is 0.346 e. The van der Waals surface area contributed by atoms with Crippen LogP contribution in [0.3, 0.4) is 0 Å². The number of nitrogens with zero attached hydrogens (tertiary/aromatic N) is 3. The molecule has 5 nitrogen and oxygen atoms in total. The second kappa shape index (κ2) is 6.04. The zero-order valence-corrected chi connectivity index (χ0v) is 14.2. The van der Waals surface area contributed by atoms with Crippen molar-refractivity contribution in [2.75, 3.05) is 13.6 Å². The topological polar surface area (TPSA) is 59.2 Å². The average molecular weight is 325 g/mol. The predicted octanol–water partition coefficient (Wildman–Crippen LogP) is 3.34. The van der Waals surface area contributed by atoms with Crippen LogP contribution in [-0.2, 0) is 4.79 Å². The number of hydrogen-bond acceptors (Lipinski definition) is 4. The van der Waals surface area contributed by atoms with Gasteiger partial charge in [0.2, 0.25) is 17.6 Å². The van der Waals surface area contributed by atoms with Crippen molar-refractivity contribution in [2.24, 2.45) is 17.8 Å². The summed E-state index contributed by atoms with van der Waals surface area (Å²) < 4.78 is 5.62. The lowest BCUT2D eigenvalue weighted by atomic mass is 9.78. The maximum Gasteiger partial charge on any atom is 0.231 e. The quantitative estimate of drug-likeness (QED) is 0.865. The Morgan fingerprint density at radius 3 is 2.75 bits per heavy atom. The van der Waals surface area contributed by atoms with Gasteiger partial charge in [-0.25, -0.2) is 0 Å². The molecule has 0 unspecified atom stereocenters. The van der Waals surface area contributed by atoms with E-state index in [2.05, 4.69) is 10.1 Å². The molecule has 1 aromatic heterocycles. The Morgan fingerprint density at radius 1 is 1.25 bits per heavy atom. The number of carbonyl (C=O) groups excluding carboxylic acids is 1. The van der Waals surface area contributed by atoms with Crippen LogP contribution in [0.25, 0.3) is 11.4 Å². The van der Waals surface area contributed by atoms with Gasteiger partial charge in [-0.05, 0) is 38.0 Å². The van der Waals surface area contributed by atoms with Gasteiger partial charge in [0.1, 0.15) is 0 Å². The van der Waals surface area contributed by atoms with E-state index in [1.54, 1.807) is 0 Å². The molecule has 1 heterocycles. The lowest BCUT2D eigenvalue weighted by Crippen LogP contribution is -2.38. The van der Waals surface area contributed by atoms with Gasteiger partial charge in [0, 0.05) is 19.2 Å². The van der Waals surface area contributed by atoms with Crippen molar-refractivity contribution in [1.29, 1.82) is 0 Å². The molecule has 24 heavy (non-hydrogen) atoms. The van der Waals surface area contributed by atoms with Gasteiger partial charge < -0.3 is 9.42 Å². The molecule has 4 atom stereocenters. The van der Waals surface area contributed by atoms with Crippen LogP contribution in [-0.4, -0.2) is 34.5 Å². The fraction of sp³-hybridized carbons (Fsp3) is 0.526. The summed E-state index contributed by atoms with van der Waals surface area (Å²) in [4.78, 5) is 19.3. The molecule has 0 aliphatic heterocycles. The van der Waals surface area contributed by atoms with Crippen molar-refractivity contribution in [3.05, 3.63) is 36.2 Å². The van der Waals surface area contributed by atoms with Gasteiger partial charge in [-0.3, -0.25) is 4.79 Å². The molecule has 1 aromatic carbocycles. The third-order valence-electron chi connectivity index (χ3n) is 5.81. The van der Waals surface area contributed by atoms with Gasteiger partial charge in [-0.2, -0.15) is 4.98 Å². The van der Waals surface area contributed by atoms with Crippen molar-refractivity contribution >= 4 is 5.91 Å². The monoisotopic (exact) mass is 325 g/mol. The molecule has 2 aliphatic carbocycles. The summed E-state index contributed by atoms with van der Waals surface area (Å²) in [7, 11) is 1.88. The highest BCUT2D eigenvalue weighted by molar-refractivity contribution is 5.80. The van der Waals surface area contributed by atoms with E-state index in [1.807, 2.05) is 49.2 Å². The zero-order valence-electron chi connectivity index (χ0n) is 14.2. The standard InChI is InChI=1S/C19H23N3O2/c1-3-22(2)19(23)16-14-10-9-13(11-14)15(16)18-20-17(21-24-18)12-7-5-4-6-8-12/h4-8,13-16H,3,9-11H2,1-2H3/t13-,14+,15+,16+/m1/s1. The number of aromatic nitrogens is 2. The summed E-state index contributed by atoms with van der Waals surface area (Å²) in [6.45, 7) is 2.75. The number of benzene rings is 1. The van der Waals surface area contributed by atoms with Gasteiger partial charge in [-0.15, -0.1) is 0 Å². The summed E-state index contributed by atoms with van der Waals surface area (Å²) >= 11 is 0. The molecule has 5 heteroatoms. The molecule has 0 saturated heterocycles. The van der Waals surface area contributed by atoms with Gasteiger partial charge in [0.05, 0.1) is 11.8 Å². The average Bonchev–Trinajstić information content (AvgIpc) is 3.35. The van der Waals surface area contributed by atoms with Crippen LogP contribution in [0.4, 0.5) is 0 Å². The maximum atomic E-state index is 12.9. The molecule has 0 spiro atoms. The molecule has 2 saturated carbocycles. The molecule has 0 N–H and O–H groups in total. The van der Waals surface area contributed by atoms with E-state index in [-0.39, 0.29) is 17.7 Å². The van der Waals surface area contributed by atoms with E-state index in [4.69, 9.17) is 4.52 Å². The van der Waals surface area contributed by atoms with Crippen LogP contribution in [0, 0.1) is 17.8 Å². The molecule has 2 aromatic rings. The molecule has 0 radical (unpaired) electrons. The summed E-state index contributed by atoms with van der Waals surface area (Å²) in [5.74, 6) is 2.53.